The molecule has 1 atom stereocenters. The summed E-state index contributed by atoms with van der Waals surface area (Å²) < 4.78 is 44.4. The molecule has 3 rings (SSSR count). The Hall–Kier alpha value is -3.16. The molecular formula is C23H24F3N3O2. The zero-order chi connectivity index (χ0) is 22.6. The number of nitrogens with zero attached hydrogens (tertiary/aromatic N) is 2. The second kappa shape index (κ2) is 8.91. The van der Waals surface area contributed by atoms with Crippen LogP contribution in [0.15, 0.2) is 59.1 Å². The normalized spacial score (nSPS) is 13.1. The number of halogens is 3. The van der Waals surface area contributed by atoms with Gasteiger partial charge in [-0.15, -0.1) is 0 Å². The molecular weight excluding hydrogens is 407 g/mol. The number of hydrogen-bond donors (Lipinski definition) is 1. The van der Waals surface area contributed by atoms with Crippen molar-refractivity contribution in [2.45, 2.75) is 45.8 Å². The maximum absolute atomic E-state index is 13.0. The minimum Gasteiger partial charge on any atom is -0.344 e. The summed E-state index contributed by atoms with van der Waals surface area (Å²) in [7, 11) is 0. The maximum Gasteiger partial charge on any atom is 0.416 e. The van der Waals surface area contributed by atoms with Crippen molar-refractivity contribution in [1.29, 1.82) is 0 Å². The van der Waals surface area contributed by atoms with Gasteiger partial charge in [-0.3, -0.25) is 4.79 Å². The standard InChI is InChI=1S/C23H24F3N3O2/c1-22(2,3)14-19(30)27-18(12-15-8-5-4-6-9-15)21-28-20(29-31-21)16-10-7-11-17(13-16)23(24,25)26/h4-11,13,18H,12,14H2,1-3H3,(H,27,30). The van der Waals surface area contributed by atoms with Gasteiger partial charge < -0.3 is 9.84 Å². The van der Waals surface area contributed by atoms with Crippen LogP contribution in [0.2, 0.25) is 0 Å². The molecule has 2 aromatic carbocycles. The fraction of sp³-hybridized carbons (Fsp3) is 0.348. The van der Waals surface area contributed by atoms with Gasteiger partial charge in [-0.2, -0.15) is 18.2 Å². The van der Waals surface area contributed by atoms with Crippen molar-refractivity contribution in [3.05, 3.63) is 71.6 Å². The van der Waals surface area contributed by atoms with Gasteiger partial charge in [0, 0.05) is 18.4 Å². The van der Waals surface area contributed by atoms with Gasteiger partial charge in [-0.25, -0.2) is 0 Å². The molecule has 3 aromatic rings. The smallest absolute Gasteiger partial charge is 0.344 e. The zero-order valence-corrected chi connectivity index (χ0v) is 17.5. The Balaban J connectivity index is 1.88. The van der Waals surface area contributed by atoms with Gasteiger partial charge in [-0.05, 0) is 23.1 Å². The molecule has 164 valence electrons. The number of rotatable bonds is 6. The second-order valence-corrected chi connectivity index (χ2v) is 8.58. The molecule has 1 N–H and O–H groups in total. The summed E-state index contributed by atoms with van der Waals surface area (Å²) >= 11 is 0. The lowest BCUT2D eigenvalue weighted by Gasteiger charge is -2.20. The van der Waals surface area contributed by atoms with Gasteiger partial charge in [0.25, 0.3) is 0 Å². The Kier molecular flexibility index (Phi) is 6.48. The first kappa shape index (κ1) is 22.5. The van der Waals surface area contributed by atoms with E-state index in [2.05, 4.69) is 15.5 Å². The highest BCUT2D eigenvalue weighted by Gasteiger charge is 2.31. The summed E-state index contributed by atoms with van der Waals surface area (Å²) in [6.45, 7) is 5.87. The first-order valence-electron chi connectivity index (χ1n) is 9.86. The van der Waals surface area contributed by atoms with Crippen LogP contribution in [-0.2, 0) is 17.4 Å². The molecule has 0 spiro atoms. The van der Waals surface area contributed by atoms with E-state index in [-0.39, 0.29) is 28.6 Å². The molecule has 0 aliphatic heterocycles. The van der Waals surface area contributed by atoms with E-state index in [1.54, 1.807) is 0 Å². The summed E-state index contributed by atoms with van der Waals surface area (Å²) in [5, 5.41) is 6.77. The van der Waals surface area contributed by atoms with Gasteiger partial charge >= 0.3 is 6.18 Å². The van der Waals surface area contributed by atoms with Crippen molar-refractivity contribution < 1.29 is 22.5 Å². The number of carbonyl (C=O) groups is 1. The molecule has 1 heterocycles. The van der Waals surface area contributed by atoms with E-state index in [1.807, 2.05) is 51.1 Å². The SMILES string of the molecule is CC(C)(C)CC(=O)NC(Cc1ccccc1)c1nc(-c2cccc(C(F)(F)F)c2)no1. The van der Waals surface area contributed by atoms with Gasteiger partial charge in [0.1, 0.15) is 6.04 Å². The van der Waals surface area contributed by atoms with E-state index in [9.17, 15) is 18.0 Å². The summed E-state index contributed by atoms with van der Waals surface area (Å²) in [6.07, 6.45) is -3.77. The fourth-order valence-electron chi connectivity index (χ4n) is 3.11. The van der Waals surface area contributed by atoms with Crippen LogP contribution in [0, 0.1) is 5.41 Å². The minimum absolute atomic E-state index is 0.0317. The van der Waals surface area contributed by atoms with Crippen molar-refractivity contribution >= 4 is 5.91 Å². The largest absolute Gasteiger partial charge is 0.416 e. The lowest BCUT2D eigenvalue weighted by molar-refractivity contribution is -0.137. The van der Waals surface area contributed by atoms with Crippen LogP contribution in [-0.4, -0.2) is 16.0 Å². The Bertz CT molecular complexity index is 1020. The molecule has 5 nitrogen and oxygen atoms in total. The quantitative estimate of drug-likeness (QED) is 0.552. The predicted octanol–water partition coefficient (Wildman–Crippen LogP) is 5.59. The molecule has 1 amide bonds. The second-order valence-electron chi connectivity index (χ2n) is 8.58. The van der Waals surface area contributed by atoms with Crippen LogP contribution in [0.5, 0.6) is 0 Å². The molecule has 0 aliphatic rings. The van der Waals surface area contributed by atoms with Crippen molar-refractivity contribution in [1.82, 2.24) is 15.5 Å². The van der Waals surface area contributed by atoms with Gasteiger partial charge in [0.15, 0.2) is 0 Å². The van der Waals surface area contributed by atoms with E-state index < -0.39 is 17.8 Å². The Morgan fingerprint density at radius 2 is 1.77 bits per heavy atom. The molecule has 0 aliphatic carbocycles. The van der Waals surface area contributed by atoms with E-state index in [4.69, 9.17) is 4.52 Å². The highest BCUT2D eigenvalue weighted by molar-refractivity contribution is 5.77. The number of nitrogens with one attached hydrogen (secondary N) is 1. The third-order valence-electron chi connectivity index (χ3n) is 4.50. The Morgan fingerprint density at radius 3 is 2.42 bits per heavy atom. The predicted molar refractivity (Wildman–Crippen MR) is 110 cm³/mol. The van der Waals surface area contributed by atoms with E-state index in [1.165, 1.54) is 12.1 Å². The van der Waals surface area contributed by atoms with Gasteiger partial charge in [0.2, 0.25) is 17.6 Å². The van der Waals surface area contributed by atoms with Crippen molar-refractivity contribution in [2.75, 3.05) is 0 Å². The first-order chi connectivity index (χ1) is 14.5. The molecule has 0 fully saturated rings. The topological polar surface area (TPSA) is 68.0 Å². The molecule has 0 saturated carbocycles. The van der Waals surface area contributed by atoms with E-state index in [0.29, 0.717) is 12.8 Å². The minimum atomic E-state index is -4.47. The van der Waals surface area contributed by atoms with E-state index in [0.717, 1.165) is 17.7 Å². The van der Waals surface area contributed by atoms with Crippen molar-refractivity contribution in [2.24, 2.45) is 5.41 Å². The molecule has 1 aromatic heterocycles. The highest BCUT2D eigenvalue weighted by atomic mass is 19.4. The van der Waals surface area contributed by atoms with Crippen LogP contribution in [0.25, 0.3) is 11.4 Å². The molecule has 8 heteroatoms. The van der Waals surface area contributed by atoms with Crippen molar-refractivity contribution in [3.63, 3.8) is 0 Å². The number of alkyl halides is 3. The Labute approximate surface area is 178 Å². The van der Waals surface area contributed by atoms with Crippen molar-refractivity contribution in [3.8, 4) is 11.4 Å². The molecule has 0 radical (unpaired) electrons. The summed E-state index contributed by atoms with van der Waals surface area (Å²) in [5.41, 5.74) is 0.127. The van der Waals surface area contributed by atoms with Gasteiger partial charge in [-0.1, -0.05) is 68.4 Å². The van der Waals surface area contributed by atoms with E-state index >= 15 is 0 Å². The monoisotopic (exact) mass is 431 g/mol. The Morgan fingerprint density at radius 1 is 1.06 bits per heavy atom. The summed E-state index contributed by atoms with van der Waals surface area (Å²) in [6, 6.07) is 13.6. The lowest BCUT2D eigenvalue weighted by Crippen LogP contribution is -2.32. The van der Waals surface area contributed by atoms with Crippen LogP contribution >= 0.6 is 0 Å². The third kappa shape index (κ3) is 6.41. The number of aromatic nitrogens is 2. The van der Waals surface area contributed by atoms with Crippen LogP contribution in [0.4, 0.5) is 13.2 Å². The molecule has 31 heavy (non-hydrogen) atoms. The lowest BCUT2D eigenvalue weighted by atomic mass is 9.91. The molecule has 0 saturated heterocycles. The number of carbonyl (C=O) groups excluding carboxylic acids is 1. The molecule has 0 bridgehead atoms. The number of hydrogen-bond acceptors (Lipinski definition) is 4. The van der Waals surface area contributed by atoms with Crippen LogP contribution < -0.4 is 5.32 Å². The average Bonchev–Trinajstić information content (AvgIpc) is 3.16. The molecule has 1 unspecified atom stereocenters. The first-order valence-corrected chi connectivity index (χ1v) is 9.86. The summed E-state index contributed by atoms with van der Waals surface area (Å²) in [5.74, 6) is -0.00462. The third-order valence-corrected chi connectivity index (χ3v) is 4.50. The number of amides is 1. The average molecular weight is 431 g/mol. The summed E-state index contributed by atoms with van der Waals surface area (Å²) in [4.78, 5) is 16.8. The van der Waals surface area contributed by atoms with Crippen LogP contribution in [0.1, 0.15) is 50.3 Å². The maximum atomic E-state index is 13.0. The van der Waals surface area contributed by atoms with Crippen LogP contribution in [0.3, 0.4) is 0 Å². The fourth-order valence-corrected chi connectivity index (χ4v) is 3.11. The number of benzene rings is 2. The zero-order valence-electron chi connectivity index (χ0n) is 17.5. The van der Waals surface area contributed by atoms with Gasteiger partial charge in [0.05, 0.1) is 5.56 Å². The highest BCUT2D eigenvalue weighted by Crippen LogP contribution is 2.32.